The molecule has 12 heteroatoms. The van der Waals surface area contributed by atoms with Gasteiger partial charge in [-0.3, -0.25) is 4.79 Å². The molecule has 4 heterocycles. The molecule has 9 nitrogen and oxygen atoms in total. The number of nitrogens with two attached hydrogens (primary N) is 1. The first kappa shape index (κ1) is 23.4. The van der Waals surface area contributed by atoms with Crippen LogP contribution in [0.4, 0.5) is 24.8 Å². The molecule has 1 aliphatic rings. The molecule has 3 aromatic heterocycles. The van der Waals surface area contributed by atoms with Crippen molar-refractivity contribution in [2.24, 2.45) is 0 Å². The van der Waals surface area contributed by atoms with E-state index < -0.39 is 28.7 Å². The van der Waals surface area contributed by atoms with E-state index in [4.69, 9.17) is 5.73 Å². The van der Waals surface area contributed by atoms with Crippen LogP contribution in [0.15, 0.2) is 55.0 Å². The number of phenols is 1. The Morgan fingerprint density at radius 3 is 2.66 bits per heavy atom. The molecule has 1 unspecified atom stereocenters. The number of nitrogens with one attached hydrogen (secondary N) is 1. The van der Waals surface area contributed by atoms with Crippen LogP contribution in [0.25, 0.3) is 17.2 Å². The van der Waals surface area contributed by atoms with E-state index in [2.05, 4.69) is 25.3 Å². The Labute approximate surface area is 212 Å². The van der Waals surface area contributed by atoms with Gasteiger partial charge in [-0.25, -0.2) is 28.7 Å². The summed E-state index contributed by atoms with van der Waals surface area (Å²) in [6, 6.07) is 8.11. The third kappa shape index (κ3) is 3.44. The second kappa shape index (κ2) is 8.26. The molecule has 0 radical (unpaired) electrons. The Kier molecular flexibility index (Phi) is 5.09. The summed E-state index contributed by atoms with van der Waals surface area (Å²) in [6.07, 6.45) is 5.04. The van der Waals surface area contributed by atoms with Gasteiger partial charge in [-0.2, -0.15) is 4.39 Å². The van der Waals surface area contributed by atoms with Gasteiger partial charge in [0.1, 0.15) is 28.6 Å². The molecular weight excluding hydrogens is 499 g/mol. The van der Waals surface area contributed by atoms with Gasteiger partial charge in [-0.05, 0) is 36.2 Å². The summed E-state index contributed by atoms with van der Waals surface area (Å²) in [5.41, 5.74) is 6.49. The van der Waals surface area contributed by atoms with E-state index in [1.165, 1.54) is 13.0 Å². The maximum atomic E-state index is 14.4. The van der Waals surface area contributed by atoms with Gasteiger partial charge in [0.2, 0.25) is 5.91 Å². The van der Waals surface area contributed by atoms with Gasteiger partial charge in [0, 0.05) is 25.0 Å². The van der Waals surface area contributed by atoms with E-state index in [0.717, 1.165) is 12.1 Å². The van der Waals surface area contributed by atoms with Gasteiger partial charge in [0.05, 0.1) is 11.3 Å². The van der Waals surface area contributed by atoms with E-state index in [9.17, 15) is 23.1 Å². The first-order valence-electron chi connectivity index (χ1n) is 11.4. The third-order valence-corrected chi connectivity index (χ3v) is 6.70. The smallest absolute Gasteiger partial charge is 0.240 e. The van der Waals surface area contributed by atoms with Gasteiger partial charge < -0.3 is 20.6 Å². The van der Waals surface area contributed by atoms with E-state index in [0.29, 0.717) is 16.9 Å². The summed E-state index contributed by atoms with van der Waals surface area (Å²) in [7, 11) is 0. The molecular formula is C26H18F3N7O2. The summed E-state index contributed by atoms with van der Waals surface area (Å²) < 4.78 is 43.9. The fourth-order valence-corrected chi connectivity index (χ4v) is 4.71. The minimum absolute atomic E-state index is 0.0293. The molecule has 0 saturated heterocycles. The number of aromatic hydroxyl groups is 1. The first-order valence-corrected chi connectivity index (χ1v) is 11.4. The first-order chi connectivity index (χ1) is 18.2. The van der Waals surface area contributed by atoms with Gasteiger partial charge in [-0.1, -0.05) is 18.2 Å². The standard InChI is InChI=1S/C26H18F3N7O2/c1-26(13-9-15(28)20(29)18(37)10-13)19-21(30)33-22(34-23(19)35-25(26)38)17-11-36-7-6-31-24(36)16(32-17)8-12-4-2-3-5-14(12)27/h2-7,9-11,37H,8H2,1H3,(H3,30,33,34,35,38). The van der Waals surface area contributed by atoms with Crippen molar-refractivity contribution in [1.29, 1.82) is 0 Å². The Balaban J connectivity index is 1.47. The number of nitrogen functional groups attached to an aromatic ring is 1. The second-order valence-corrected chi connectivity index (χ2v) is 9.03. The van der Waals surface area contributed by atoms with Crippen LogP contribution in [0, 0.1) is 17.5 Å². The van der Waals surface area contributed by atoms with Crippen molar-refractivity contribution in [3.05, 3.63) is 94.8 Å². The lowest BCUT2D eigenvalue weighted by atomic mass is 9.77. The number of imidazole rings is 1. The molecule has 0 aliphatic carbocycles. The second-order valence-electron chi connectivity index (χ2n) is 9.03. The Hall–Kier alpha value is -5.00. The molecule has 1 atom stereocenters. The highest BCUT2D eigenvalue weighted by Crippen LogP contribution is 2.46. The molecule has 1 aliphatic heterocycles. The SMILES string of the molecule is CC1(c2cc(O)c(F)c(F)c2)C(=O)Nc2nc(-c3cn4ccnc4c(Cc4ccccc4F)n3)nc(N)c21. The molecule has 0 spiro atoms. The van der Waals surface area contributed by atoms with Crippen LogP contribution in [0.1, 0.15) is 29.3 Å². The van der Waals surface area contributed by atoms with Crippen molar-refractivity contribution in [2.45, 2.75) is 18.8 Å². The minimum Gasteiger partial charge on any atom is -0.505 e. The van der Waals surface area contributed by atoms with Crippen molar-refractivity contribution in [2.75, 3.05) is 11.1 Å². The molecule has 38 heavy (non-hydrogen) atoms. The Morgan fingerprint density at radius 1 is 1.11 bits per heavy atom. The number of phenolic OH excluding ortho intramolecular Hbond substituents is 1. The molecule has 1 amide bonds. The quantitative estimate of drug-likeness (QED) is 0.331. The monoisotopic (exact) mass is 517 g/mol. The highest BCUT2D eigenvalue weighted by molar-refractivity contribution is 6.09. The van der Waals surface area contributed by atoms with Crippen LogP contribution in [-0.2, 0) is 16.6 Å². The average molecular weight is 517 g/mol. The summed E-state index contributed by atoms with van der Waals surface area (Å²) in [5, 5.41) is 12.4. The number of hydrogen-bond donors (Lipinski definition) is 3. The van der Waals surface area contributed by atoms with Gasteiger partial charge >= 0.3 is 0 Å². The van der Waals surface area contributed by atoms with Crippen LogP contribution < -0.4 is 11.1 Å². The van der Waals surface area contributed by atoms with Gasteiger partial charge in [-0.15, -0.1) is 0 Å². The lowest BCUT2D eigenvalue weighted by molar-refractivity contribution is -0.119. The van der Waals surface area contributed by atoms with Crippen molar-refractivity contribution in [1.82, 2.24) is 24.3 Å². The molecule has 4 N–H and O–H groups in total. The number of carbonyl (C=O) groups is 1. The van der Waals surface area contributed by atoms with Crippen molar-refractivity contribution in [3.8, 4) is 17.3 Å². The lowest BCUT2D eigenvalue weighted by Crippen LogP contribution is -2.33. The largest absolute Gasteiger partial charge is 0.505 e. The molecule has 5 aromatic rings. The van der Waals surface area contributed by atoms with Crippen LogP contribution in [0.5, 0.6) is 5.75 Å². The zero-order chi connectivity index (χ0) is 26.8. The predicted octanol–water partition coefficient (Wildman–Crippen LogP) is 3.74. The van der Waals surface area contributed by atoms with Crippen LogP contribution >= 0.6 is 0 Å². The molecule has 0 saturated carbocycles. The molecule has 0 fully saturated rings. The molecule has 190 valence electrons. The summed E-state index contributed by atoms with van der Waals surface area (Å²) in [5.74, 6) is -4.66. The number of anilines is 2. The van der Waals surface area contributed by atoms with E-state index in [1.807, 2.05) is 0 Å². The number of amides is 1. The summed E-state index contributed by atoms with van der Waals surface area (Å²) in [4.78, 5) is 30.8. The Bertz CT molecular complexity index is 1770. The number of aromatic nitrogens is 5. The van der Waals surface area contributed by atoms with E-state index in [1.54, 1.807) is 41.2 Å². The third-order valence-electron chi connectivity index (χ3n) is 6.70. The normalized spacial score (nSPS) is 16.6. The van der Waals surface area contributed by atoms with Crippen molar-refractivity contribution < 1.29 is 23.1 Å². The fourth-order valence-electron chi connectivity index (χ4n) is 4.71. The maximum Gasteiger partial charge on any atom is 0.240 e. The number of hydrogen-bond acceptors (Lipinski definition) is 7. The number of benzene rings is 2. The minimum atomic E-state index is -1.61. The lowest BCUT2D eigenvalue weighted by Gasteiger charge is -2.23. The highest BCUT2D eigenvalue weighted by Gasteiger charge is 2.48. The van der Waals surface area contributed by atoms with Crippen molar-refractivity contribution in [3.63, 3.8) is 0 Å². The van der Waals surface area contributed by atoms with E-state index >= 15 is 0 Å². The van der Waals surface area contributed by atoms with Crippen LogP contribution in [-0.4, -0.2) is 35.4 Å². The number of rotatable bonds is 4. The predicted molar refractivity (Wildman–Crippen MR) is 131 cm³/mol. The topological polar surface area (TPSA) is 131 Å². The zero-order valence-corrected chi connectivity index (χ0v) is 19.7. The number of nitrogens with zero attached hydrogens (tertiary/aromatic N) is 5. The maximum absolute atomic E-state index is 14.4. The van der Waals surface area contributed by atoms with E-state index in [-0.39, 0.29) is 46.5 Å². The number of carbonyl (C=O) groups excluding carboxylic acids is 1. The molecule has 6 rings (SSSR count). The van der Waals surface area contributed by atoms with Gasteiger partial charge in [0.25, 0.3) is 0 Å². The molecule has 0 bridgehead atoms. The summed E-state index contributed by atoms with van der Waals surface area (Å²) >= 11 is 0. The molecule has 2 aromatic carbocycles. The summed E-state index contributed by atoms with van der Waals surface area (Å²) in [6.45, 7) is 1.45. The number of halogens is 3. The highest BCUT2D eigenvalue weighted by atomic mass is 19.2. The fraction of sp³-hybridized carbons (Fsp3) is 0.115. The average Bonchev–Trinajstić information content (AvgIpc) is 3.46. The van der Waals surface area contributed by atoms with Crippen molar-refractivity contribution >= 4 is 23.2 Å². The number of fused-ring (bicyclic) bond motifs is 2. The van der Waals surface area contributed by atoms with Gasteiger partial charge in [0.15, 0.2) is 28.9 Å². The van der Waals surface area contributed by atoms with Crippen LogP contribution in [0.3, 0.4) is 0 Å². The zero-order valence-electron chi connectivity index (χ0n) is 19.7. The Morgan fingerprint density at radius 2 is 1.89 bits per heavy atom. The van der Waals surface area contributed by atoms with Crippen LogP contribution in [0.2, 0.25) is 0 Å².